The molecule has 1 saturated heterocycles. The van der Waals surface area contributed by atoms with Crippen molar-refractivity contribution in [2.24, 2.45) is 0 Å². The minimum absolute atomic E-state index is 0.0717. The van der Waals surface area contributed by atoms with Crippen LogP contribution in [0.25, 0.3) is 0 Å². The molecule has 0 radical (unpaired) electrons. The van der Waals surface area contributed by atoms with Gasteiger partial charge in [0.1, 0.15) is 12.4 Å². The molecule has 1 aliphatic heterocycles. The summed E-state index contributed by atoms with van der Waals surface area (Å²) in [5.74, 6) is -0.957. The van der Waals surface area contributed by atoms with Crippen LogP contribution >= 0.6 is 0 Å². The number of aromatic nitrogens is 3. The maximum absolute atomic E-state index is 13.8. The summed E-state index contributed by atoms with van der Waals surface area (Å²) >= 11 is 0. The molecule has 1 aliphatic rings. The molecule has 2 aromatic rings. The van der Waals surface area contributed by atoms with E-state index in [0.29, 0.717) is 31.5 Å². The van der Waals surface area contributed by atoms with Gasteiger partial charge in [0.2, 0.25) is 17.6 Å². The van der Waals surface area contributed by atoms with Crippen LogP contribution in [0.15, 0.2) is 23.4 Å². The van der Waals surface area contributed by atoms with Crippen LogP contribution in [0.1, 0.15) is 18.4 Å². The Morgan fingerprint density at radius 2 is 2.04 bits per heavy atom. The highest BCUT2D eigenvalue weighted by Crippen LogP contribution is 2.29. The smallest absolute Gasteiger partial charge is 0.407 e. The fraction of sp³-hybridized carbons (Fsp3) is 0.375. The second-order valence-corrected chi connectivity index (χ2v) is 5.78. The van der Waals surface area contributed by atoms with Crippen LogP contribution in [-0.2, 0) is 0 Å². The highest BCUT2D eigenvalue weighted by atomic mass is 19.1. The minimum Gasteiger partial charge on any atom is -0.474 e. The van der Waals surface area contributed by atoms with Crippen LogP contribution in [0.5, 0.6) is 17.5 Å². The average Bonchev–Trinajstić information content (AvgIpc) is 2.62. The van der Waals surface area contributed by atoms with Crippen LogP contribution in [0.3, 0.4) is 0 Å². The lowest BCUT2D eigenvalue weighted by molar-refractivity contribution is 0.0864. The normalized spacial score (nSPS) is 14.9. The number of H-pyrrole nitrogens is 1. The SMILES string of the molecule is Cc1c(Oc2cc[nH]c(=O)c2F)ncnc1OC1CCN(C(=O)O)CC1. The quantitative estimate of drug-likeness (QED) is 0.851. The predicted molar refractivity (Wildman–Crippen MR) is 87.1 cm³/mol. The van der Waals surface area contributed by atoms with Crippen molar-refractivity contribution in [1.82, 2.24) is 19.9 Å². The zero-order valence-electron chi connectivity index (χ0n) is 13.9. The second kappa shape index (κ2) is 7.38. The molecule has 0 aromatic carbocycles. The molecule has 0 saturated carbocycles. The van der Waals surface area contributed by atoms with E-state index in [1.807, 2.05) is 0 Å². The monoisotopic (exact) mass is 364 g/mol. The Kier molecular flexibility index (Phi) is 5.01. The number of hydrogen-bond acceptors (Lipinski definition) is 6. The highest BCUT2D eigenvalue weighted by Gasteiger charge is 2.25. The maximum atomic E-state index is 13.8. The summed E-state index contributed by atoms with van der Waals surface area (Å²) in [6.45, 7) is 2.42. The number of carboxylic acid groups (broad SMARTS) is 1. The molecule has 9 nitrogen and oxygen atoms in total. The van der Waals surface area contributed by atoms with E-state index in [0.717, 1.165) is 0 Å². The molecule has 1 amide bonds. The van der Waals surface area contributed by atoms with Gasteiger partial charge in [0, 0.05) is 38.2 Å². The number of nitrogens with zero attached hydrogens (tertiary/aromatic N) is 3. The van der Waals surface area contributed by atoms with E-state index < -0.39 is 17.5 Å². The maximum Gasteiger partial charge on any atom is 0.407 e. The fourth-order valence-electron chi connectivity index (χ4n) is 2.59. The van der Waals surface area contributed by atoms with Crippen LogP contribution < -0.4 is 15.0 Å². The molecule has 3 rings (SSSR count). The number of amides is 1. The Morgan fingerprint density at radius 1 is 1.35 bits per heavy atom. The molecule has 2 aromatic heterocycles. The van der Waals surface area contributed by atoms with Crippen molar-refractivity contribution >= 4 is 6.09 Å². The van der Waals surface area contributed by atoms with Gasteiger partial charge in [-0.15, -0.1) is 0 Å². The van der Waals surface area contributed by atoms with Crippen molar-refractivity contribution in [2.45, 2.75) is 25.9 Å². The lowest BCUT2D eigenvalue weighted by atomic mass is 10.1. The van der Waals surface area contributed by atoms with Gasteiger partial charge in [-0.25, -0.2) is 14.8 Å². The Bertz CT molecular complexity index is 864. The molecule has 1 fully saturated rings. The van der Waals surface area contributed by atoms with Gasteiger partial charge in [-0.3, -0.25) is 4.79 Å². The first-order valence-electron chi connectivity index (χ1n) is 7.97. The minimum atomic E-state index is -1.05. The number of hydrogen-bond donors (Lipinski definition) is 2. The molecule has 0 bridgehead atoms. The van der Waals surface area contributed by atoms with Crippen LogP contribution in [0.2, 0.25) is 0 Å². The number of pyridine rings is 1. The predicted octanol–water partition coefficient (Wildman–Crippen LogP) is 1.93. The number of rotatable bonds is 4. The van der Waals surface area contributed by atoms with Crippen LogP contribution in [0.4, 0.5) is 9.18 Å². The van der Waals surface area contributed by atoms with E-state index in [1.54, 1.807) is 6.92 Å². The number of ether oxygens (including phenoxy) is 2. The number of aromatic amines is 1. The highest BCUT2D eigenvalue weighted by molar-refractivity contribution is 5.65. The van der Waals surface area contributed by atoms with Crippen molar-refractivity contribution < 1.29 is 23.8 Å². The van der Waals surface area contributed by atoms with Gasteiger partial charge in [-0.1, -0.05) is 0 Å². The summed E-state index contributed by atoms with van der Waals surface area (Å²) in [5, 5.41) is 8.97. The topological polar surface area (TPSA) is 118 Å². The second-order valence-electron chi connectivity index (χ2n) is 5.78. The van der Waals surface area contributed by atoms with Gasteiger partial charge in [0.05, 0.1) is 5.56 Å². The molecule has 0 unspecified atom stereocenters. The molecule has 0 spiro atoms. The molecule has 10 heteroatoms. The van der Waals surface area contributed by atoms with Gasteiger partial charge in [-0.05, 0) is 6.92 Å². The molecule has 138 valence electrons. The molecular formula is C16H17FN4O5. The first kappa shape index (κ1) is 17.6. The van der Waals surface area contributed by atoms with Crippen LogP contribution in [0, 0.1) is 12.7 Å². The largest absolute Gasteiger partial charge is 0.474 e. The zero-order valence-corrected chi connectivity index (χ0v) is 13.9. The van der Waals surface area contributed by atoms with E-state index >= 15 is 0 Å². The molecular weight excluding hydrogens is 347 g/mol. The van der Waals surface area contributed by atoms with Gasteiger partial charge in [0.15, 0.2) is 5.75 Å². The van der Waals surface area contributed by atoms with Gasteiger partial charge >= 0.3 is 6.09 Å². The fourth-order valence-corrected chi connectivity index (χ4v) is 2.59. The summed E-state index contributed by atoms with van der Waals surface area (Å²) in [6.07, 6.45) is 2.42. The third-order valence-electron chi connectivity index (χ3n) is 4.05. The van der Waals surface area contributed by atoms with E-state index in [-0.39, 0.29) is 23.6 Å². The van der Waals surface area contributed by atoms with Gasteiger partial charge < -0.3 is 24.5 Å². The zero-order chi connectivity index (χ0) is 18.7. The van der Waals surface area contributed by atoms with Crippen molar-refractivity contribution in [3.8, 4) is 17.5 Å². The number of carbonyl (C=O) groups is 1. The number of likely N-dealkylation sites (tertiary alicyclic amines) is 1. The average molecular weight is 364 g/mol. The Labute approximate surface area is 147 Å². The molecule has 0 aliphatic carbocycles. The number of nitrogens with one attached hydrogen (secondary N) is 1. The first-order valence-corrected chi connectivity index (χ1v) is 7.97. The summed E-state index contributed by atoms with van der Waals surface area (Å²) in [5.41, 5.74) is -0.441. The lowest BCUT2D eigenvalue weighted by Gasteiger charge is -2.30. The van der Waals surface area contributed by atoms with Gasteiger partial charge in [-0.2, -0.15) is 4.39 Å². The van der Waals surface area contributed by atoms with E-state index in [2.05, 4.69) is 15.0 Å². The van der Waals surface area contributed by atoms with Crippen molar-refractivity contribution in [1.29, 1.82) is 0 Å². The standard InChI is InChI=1S/C16H17FN4O5/c1-9-14(25-10-3-6-21(7-4-10)16(23)24)19-8-20-15(9)26-11-2-5-18-13(22)12(11)17/h2,5,8,10H,3-4,6-7H2,1H3,(H,18,22)(H,23,24). The summed E-state index contributed by atoms with van der Waals surface area (Å²) < 4.78 is 25.0. The Balaban J connectivity index is 1.73. The Morgan fingerprint density at radius 3 is 2.73 bits per heavy atom. The Hall–Kier alpha value is -3.17. The summed E-state index contributed by atoms with van der Waals surface area (Å²) in [6, 6.07) is 1.28. The van der Waals surface area contributed by atoms with Crippen molar-refractivity contribution in [3.63, 3.8) is 0 Å². The molecule has 26 heavy (non-hydrogen) atoms. The van der Waals surface area contributed by atoms with E-state index in [4.69, 9.17) is 14.6 Å². The van der Waals surface area contributed by atoms with Crippen molar-refractivity contribution in [2.75, 3.05) is 13.1 Å². The van der Waals surface area contributed by atoms with E-state index in [9.17, 15) is 14.0 Å². The number of piperidine rings is 1. The first-order chi connectivity index (χ1) is 12.5. The van der Waals surface area contributed by atoms with Crippen molar-refractivity contribution in [3.05, 3.63) is 40.3 Å². The summed E-state index contributed by atoms with van der Waals surface area (Å²) in [7, 11) is 0. The van der Waals surface area contributed by atoms with E-state index in [1.165, 1.54) is 23.5 Å². The molecule has 0 atom stereocenters. The van der Waals surface area contributed by atoms with Gasteiger partial charge in [0.25, 0.3) is 5.56 Å². The lowest BCUT2D eigenvalue weighted by Crippen LogP contribution is -2.41. The molecule has 2 N–H and O–H groups in total. The van der Waals surface area contributed by atoms with Crippen LogP contribution in [-0.4, -0.2) is 50.2 Å². The number of halogens is 1. The summed E-state index contributed by atoms with van der Waals surface area (Å²) in [4.78, 5) is 33.8. The molecule has 3 heterocycles. The third-order valence-corrected chi connectivity index (χ3v) is 4.05. The third kappa shape index (κ3) is 3.73.